The number of carboxylic acids is 1. The number of hydrogen-bond acceptors (Lipinski definition) is 4. The molecular weight excluding hydrogens is 348 g/mol. The minimum Gasteiger partial charge on any atom is -0.481 e. The second-order valence-corrected chi connectivity index (χ2v) is 7.31. The lowest BCUT2D eigenvalue weighted by Crippen LogP contribution is -2.36. The van der Waals surface area contributed by atoms with Crippen LogP contribution in [0.2, 0.25) is 0 Å². The number of carboxylic acid groups (broad SMARTS) is 1. The van der Waals surface area contributed by atoms with Crippen molar-refractivity contribution in [3.63, 3.8) is 0 Å². The number of allylic oxidation sites excluding steroid dienone is 1. The Bertz CT molecular complexity index is 549. The van der Waals surface area contributed by atoms with E-state index in [1.54, 1.807) is 24.2 Å². The highest BCUT2D eigenvalue weighted by Gasteiger charge is 2.14. The SMILES string of the molecule is CCCCCC/C=C/CC(=O)N[C@@H](CCC(=O)O)CSc1ccncc1. The molecule has 1 aromatic rings. The van der Waals surface area contributed by atoms with Crippen molar-refractivity contribution >= 4 is 23.6 Å². The average molecular weight is 379 g/mol. The fraction of sp³-hybridized carbons (Fsp3) is 0.550. The Balaban J connectivity index is 2.36. The summed E-state index contributed by atoms with van der Waals surface area (Å²) in [5.41, 5.74) is 0. The number of pyridine rings is 1. The van der Waals surface area contributed by atoms with Gasteiger partial charge in [0.05, 0.1) is 0 Å². The minimum absolute atomic E-state index is 0.0507. The van der Waals surface area contributed by atoms with E-state index in [1.807, 2.05) is 18.2 Å². The number of aromatic nitrogens is 1. The molecule has 0 spiro atoms. The summed E-state index contributed by atoms with van der Waals surface area (Å²) in [7, 11) is 0. The van der Waals surface area contributed by atoms with Crippen molar-refractivity contribution in [2.45, 2.75) is 69.2 Å². The topological polar surface area (TPSA) is 79.3 Å². The molecule has 0 saturated heterocycles. The lowest BCUT2D eigenvalue weighted by Gasteiger charge is -2.17. The van der Waals surface area contributed by atoms with Crippen LogP contribution in [0.4, 0.5) is 0 Å². The third-order valence-corrected chi connectivity index (χ3v) is 5.04. The van der Waals surface area contributed by atoms with Crippen LogP contribution in [-0.2, 0) is 9.59 Å². The summed E-state index contributed by atoms with van der Waals surface area (Å²) in [4.78, 5) is 28.0. The number of amides is 1. The van der Waals surface area contributed by atoms with Crippen LogP contribution in [-0.4, -0.2) is 33.8 Å². The molecule has 0 aliphatic carbocycles. The van der Waals surface area contributed by atoms with Crippen LogP contribution in [0.1, 0.15) is 58.3 Å². The second kappa shape index (κ2) is 14.4. The molecule has 5 nitrogen and oxygen atoms in total. The molecule has 0 aromatic carbocycles. The van der Waals surface area contributed by atoms with Gasteiger partial charge >= 0.3 is 5.97 Å². The first-order chi connectivity index (χ1) is 12.6. The van der Waals surface area contributed by atoms with E-state index >= 15 is 0 Å². The molecule has 6 heteroatoms. The van der Waals surface area contributed by atoms with Crippen molar-refractivity contribution in [2.24, 2.45) is 0 Å². The quantitative estimate of drug-likeness (QED) is 0.284. The predicted molar refractivity (Wildman–Crippen MR) is 106 cm³/mol. The van der Waals surface area contributed by atoms with Gasteiger partial charge in [-0.1, -0.05) is 38.3 Å². The molecule has 2 N–H and O–H groups in total. The highest BCUT2D eigenvalue weighted by Crippen LogP contribution is 2.19. The monoisotopic (exact) mass is 378 g/mol. The third-order valence-electron chi connectivity index (χ3n) is 3.87. The maximum atomic E-state index is 12.1. The molecule has 26 heavy (non-hydrogen) atoms. The standard InChI is InChI=1S/C20H30N2O3S/c1-2-3-4-5-6-7-8-9-19(23)22-17(10-11-20(24)25)16-26-18-12-14-21-15-13-18/h7-8,12-15,17H,2-6,9-11,16H2,1H3,(H,22,23)(H,24,25)/b8-7+/t17-/m0/s1. The summed E-state index contributed by atoms with van der Waals surface area (Å²) >= 11 is 1.60. The number of unbranched alkanes of at least 4 members (excludes halogenated alkanes) is 4. The largest absolute Gasteiger partial charge is 0.481 e. The van der Waals surface area contributed by atoms with E-state index in [4.69, 9.17) is 5.11 Å². The Kier molecular flexibility index (Phi) is 12.3. The Morgan fingerprint density at radius 1 is 1.23 bits per heavy atom. The molecule has 0 aliphatic rings. The van der Waals surface area contributed by atoms with Crippen LogP contribution >= 0.6 is 11.8 Å². The number of carbonyl (C=O) groups excluding carboxylic acids is 1. The predicted octanol–water partition coefficient (Wildman–Crippen LogP) is 4.44. The number of carbonyl (C=O) groups is 2. The van der Waals surface area contributed by atoms with Gasteiger partial charge < -0.3 is 10.4 Å². The first kappa shape index (κ1) is 22.2. The van der Waals surface area contributed by atoms with E-state index in [9.17, 15) is 9.59 Å². The zero-order valence-corrected chi connectivity index (χ0v) is 16.3. The molecule has 1 aromatic heterocycles. The molecule has 0 unspecified atom stereocenters. The zero-order valence-electron chi connectivity index (χ0n) is 15.5. The van der Waals surface area contributed by atoms with E-state index in [2.05, 4.69) is 23.3 Å². The molecular formula is C20H30N2O3S. The number of thioether (sulfide) groups is 1. The fourth-order valence-electron chi connectivity index (χ4n) is 2.41. The van der Waals surface area contributed by atoms with Gasteiger partial charge in [0.2, 0.25) is 5.91 Å². The van der Waals surface area contributed by atoms with Gasteiger partial charge in [-0.15, -0.1) is 11.8 Å². The lowest BCUT2D eigenvalue weighted by molar-refractivity contribution is -0.137. The number of nitrogens with one attached hydrogen (secondary N) is 1. The van der Waals surface area contributed by atoms with Crippen LogP contribution in [0.3, 0.4) is 0 Å². The molecule has 0 bridgehead atoms. The maximum Gasteiger partial charge on any atom is 0.303 e. The summed E-state index contributed by atoms with van der Waals surface area (Å²) in [6.07, 6.45) is 14.1. The summed E-state index contributed by atoms with van der Waals surface area (Å²) in [6.45, 7) is 2.19. The molecule has 0 saturated carbocycles. The Labute approximate surface area is 160 Å². The molecule has 1 rings (SSSR count). The first-order valence-corrected chi connectivity index (χ1v) is 10.3. The third kappa shape index (κ3) is 11.7. The van der Waals surface area contributed by atoms with Gasteiger partial charge in [-0.05, 0) is 31.4 Å². The summed E-state index contributed by atoms with van der Waals surface area (Å²) in [6, 6.07) is 3.65. The van der Waals surface area contributed by atoms with Crippen LogP contribution in [0, 0.1) is 0 Å². The van der Waals surface area contributed by atoms with E-state index < -0.39 is 5.97 Å². The van der Waals surface area contributed by atoms with Crippen molar-refractivity contribution in [1.82, 2.24) is 10.3 Å². The van der Waals surface area contributed by atoms with Crippen LogP contribution in [0.25, 0.3) is 0 Å². The Morgan fingerprint density at radius 2 is 2.00 bits per heavy atom. The van der Waals surface area contributed by atoms with Crippen LogP contribution < -0.4 is 5.32 Å². The van der Waals surface area contributed by atoms with Gasteiger partial charge in [0.25, 0.3) is 0 Å². The van der Waals surface area contributed by atoms with E-state index in [1.165, 1.54) is 19.3 Å². The van der Waals surface area contributed by atoms with Crippen molar-refractivity contribution in [3.05, 3.63) is 36.7 Å². The van der Waals surface area contributed by atoms with E-state index in [0.717, 1.165) is 17.7 Å². The Hall–Kier alpha value is -1.82. The Morgan fingerprint density at radius 3 is 2.69 bits per heavy atom. The molecule has 1 heterocycles. The van der Waals surface area contributed by atoms with Gasteiger partial charge in [-0.3, -0.25) is 14.6 Å². The van der Waals surface area contributed by atoms with E-state index in [0.29, 0.717) is 18.6 Å². The molecule has 0 radical (unpaired) electrons. The van der Waals surface area contributed by atoms with Crippen molar-refractivity contribution in [1.29, 1.82) is 0 Å². The summed E-state index contributed by atoms with van der Waals surface area (Å²) in [5, 5.41) is 11.9. The molecule has 0 aliphatic heterocycles. The van der Waals surface area contributed by atoms with Crippen molar-refractivity contribution < 1.29 is 14.7 Å². The van der Waals surface area contributed by atoms with Gasteiger partial charge in [0, 0.05) is 41.9 Å². The highest BCUT2D eigenvalue weighted by molar-refractivity contribution is 7.99. The minimum atomic E-state index is -0.842. The zero-order chi connectivity index (χ0) is 19.0. The summed E-state index contributed by atoms with van der Waals surface area (Å²) in [5.74, 6) is -0.255. The highest BCUT2D eigenvalue weighted by atomic mass is 32.2. The lowest BCUT2D eigenvalue weighted by atomic mass is 10.1. The summed E-state index contributed by atoms with van der Waals surface area (Å²) < 4.78 is 0. The normalized spacial score (nSPS) is 12.2. The van der Waals surface area contributed by atoms with Crippen LogP contribution in [0.5, 0.6) is 0 Å². The number of aliphatic carboxylic acids is 1. The molecule has 1 atom stereocenters. The van der Waals surface area contributed by atoms with Gasteiger partial charge in [0.15, 0.2) is 0 Å². The van der Waals surface area contributed by atoms with Crippen LogP contribution in [0.15, 0.2) is 41.6 Å². The smallest absolute Gasteiger partial charge is 0.303 e. The number of hydrogen-bond donors (Lipinski definition) is 2. The van der Waals surface area contributed by atoms with Crippen molar-refractivity contribution in [3.8, 4) is 0 Å². The van der Waals surface area contributed by atoms with Gasteiger partial charge in [-0.2, -0.15) is 0 Å². The molecule has 1 amide bonds. The second-order valence-electron chi connectivity index (χ2n) is 6.22. The number of rotatable bonds is 14. The first-order valence-electron chi connectivity index (χ1n) is 9.30. The average Bonchev–Trinajstić information content (AvgIpc) is 2.64. The van der Waals surface area contributed by atoms with Gasteiger partial charge in [-0.25, -0.2) is 0 Å². The maximum absolute atomic E-state index is 12.1. The molecule has 0 fully saturated rings. The number of nitrogens with zero attached hydrogens (tertiary/aromatic N) is 1. The van der Waals surface area contributed by atoms with Gasteiger partial charge in [0.1, 0.15) is 0 Å². The molecule has 144 valence electrons. The van der Waals surface area contributed by atoms with E-state index in [-0.39, 0.29) is 18.4 Å². The van der Waals surface area contributed by atoms with Crippen molar-refractivity contribution in [2.75, 3.05) is 5.75 Å². The fourth-order valence-corrected chi connectivity index (χ4v) is 3.37.